The summed E-state index contributed by atoms with van der Waals surface area (Å²) < 4.78 is 0. The van der Waals surface area contributed by atoms with Crippen molar-refractivity contribution >= 4 is 23.2 Å². The van der Waals surface area contributed by atoms with Gasteiger partial charge in [0.15, 0.2) is 0 Å². The van der Waals surface area contributed by atoms with E-state index in [1.165, 1.54) is 0 Å². The Bertz CT molecular complexity index is 427. The highest BCUT2D eigenvalue weighted by atomic mass is 35.5. The number of amides is 1. The van der Waals surface area contributed by atoms with Gasteiger partial charge >= 0.3 is 0 Å². The van der Waals surface area contributed by atoms with Crippen molar-refractivity contribution in [2.24, 2.45) is 0 Å². The topological polar surface area (TPSA) is 49.3 Å². The Kier molecular flexibility index (Phi) is 3.37. The lowest BCUT2D eigenvalue weighted by Crippen LogP contribution is -2.11. The molecule has 0 radical (unpaired) electrons. The summed E-state index contributed by atoms with van der Waals surface area (Å²) >= 11 is 5.45. The molecule has 2 N–H and O–H groups in total. The molecule has 0 spiro atoms. The predicted octanol–water partition coefficient (Wildman–Crippen LogP) is 2.70. The first-order valence-electron chi connectivity index (χ1n) is 4.37. The smallest absolute Gasteiger partial charge is 0.266 e. The van der Waals surface area contributed by atoms with E-state index < -0.39 is 5.91 Å². The van der Waals surface area contributed by atoms with Crippen molar-refractivity contribution in [2.45, 2.75) is 13.8 Å². The van der Waals surface area contributed by atoms with Crippen LogP contribution in [0.3, 0.4) is 0 Å². The predicted molar refractivity (Wildman–Crippen MR) is 61.2 cm³/mol. The number of benzene rings is 1. The molecule has 1 amide bonds. The number of phenols is 1. The highest BCUT2D eigenvalue weighted by molar-refractivity contribution is 6.43. The molecule has 1 rings (SSSR count). The Morgan fingerprint density at radius 3 is 2.53 bits per heavy atom. The number of hydrogen-bond acceptors (Lipinski definition) is 2. The van der Waals surface area contributed by atoms with Crippen LogP contribution in [-0.2, 0) is 4.79 Å². The maximum Gasteiger partial charge on any atom is 0.266 e. The van der Waals surface area contributed by atoms with Gasteiger partial charge in [-0.25, -0.2) is 0 Å². The number of rotatable bonds is 2. The van der Waals surface area contributed by atoms with Crippen molar-refractivity contribution in [3.8, 4) is 5.75 Å². The summed E-state index contributed by atoms with van der Waals surface area (Å²) in [7, 11) is 0. The Morgan fingerprint density at radius 2 is 2.00 bits per heavy atom. The molecule has 80 valence electrons. The van der Waals surface area contributed by atoms with Crippen molar-refractivity contribution in [2.75, 3.05) is 5.32 Å². The third-order valence-corrected chi connectivity index (χ3v) is 2.21. The number of anilines is 1. The van der Waals surface area contributed by atoms with E-state index in [2.05, 4.69) is 11.9 Å². The number of phenolic OH excluding ortho intramolecular Hbond substituents is 1. The minimum Gasteiger partial charge on any atom is -0.508 e. The zero-order valence-electron chi connectivity index (χ0n) is 8.60. The van der Waals surface area contributed by atoms with Gasteiger partial charge in [-0.2, -0.15) is 0 Å². The van der Waals surface area contributed by atoms with Gasteiger partial charge in [0.2, 0.25) is 0 Å². The number of nitrogens with one attached hydrogen (secondary N) is 1. The standard InChI is InChI=1S/C11H12ClNO2/c1-6-5-10(14)7(2)4-9(6)13-11(15)8(3)12/h4-5,14H,3H2,1-2H3,(H,13,15). The summed E-state index contributed by atoms with van der Waals surface area (Å²) in [5.74, 6) is -0.236. The summed E-state index contributed by atoms with van der Waals surface area (Å²) in [6.45, 7) is 6.86. The van der Waals surface area contributed by atoms with Crippen molar-refractivity contribution < 1.29 is 9.90 Å². The lowest BCUT2D eigenvalue weighted by Gasteiger charge is -2.09. The molecule has 0 saturated carbocycles. The largest absolute Gasteiger partial charge is 0.508 e. The fourth-order valence-corrected chi connectivity index (χ4v) is 1.17. The van der Waals surface area contributed by atoms with E-state index >= 15 is 0 Å². The summed E-state index contributed by atoms with van der Waals surface area (Å²) in [5.41, 5.74) is 2.08. The molecule has 0 atom stereocenters. The molecule has 0 unspecified atom stereocenters. The molecule has 0 fully saturated rings. The fraction of sp³-hybridized carbons (Fsp3) is 0.182. The Morgan fingerprint density at radius 1 is 1.40 bits per heavy atom. The first-order chi connectivity index (χ1) is 6.91. The average molecular weight is 226 g/mol. The van der Waals surface area contributed by atoms with Crippen LogP contribution in [-0.4, -0.2) is 11.0 Å². The zero-order valence-corrected chi connectivity index (χ0v) is 9.35. The minimum absolute atomic E-state index is 0.0693. The number of halogens is 1. The van der Waals surface area contributed by atoms with Gasteiger partial charge in [0.25, 0.3) is 5.91 Å². The number of aromatic hydroxyl groups is 1. The van der Waals surface area contributed by atoms with Gasteiger partial charge in [0.1, 0.15) is 5.75 Å². The highest BCUT2D eigenvalue weighted by Crippen LogP contribution is 2.25. The van der Waals surface area contributed by atoms with Crippen LogP contribution in [0.2, 0.25) is 0 Å². The van der Waals surface area contributed by atoms with E-state index in [9.17, 15) is 9.90 Å². The van der Waals surface area contributed by atoms with E-state index in [0.717, 1.165) is 5.56 Å². The van der Waals surface area contributed by atoms with Crippen molar-refractivity contribution in [1.29, 1.82) is 0 Å². The van der Waals surface area contributed by atoms with Gasteiger partial charge in [-0.1, -0.05) is 18.2 Å². The van der Waals surface area contributed by atoms with Gasteiger partial charge in [0, 0.05) is 5.69 Å². The van der Waals surface area contributed by atoms with Crippen molar-refractivity contribution in [1.82, 2.24) is 0 Å². The molecule has 3 nitrogen and oxygen atoms in total. The second kappa shape index (κ2) is 4.36. The van der Waals surface area contributed by atoms with Crippen LogP contribution in [0, 0.1) is 13.8 Å². The molecule has 15 heavy (non-hydrogen) atoms. The normalized spacial score (nSPS) is 9.80. The lowest BCUT2D eigenvalue weighted by atomic mass is 10.1. The van der Waals surface area contributed by atoms with Gasteiger partial charge in [-0.3, -0.25) is 4.79 Å². The molecule has 0 bridgehead atoms. The summed E-state index contributed by atoms with van der Waals surface area (Å²) in [6, 6.07) is 3.27. The molecule has 4 heteroatoms. The number of carbonyl (C=O) groups excluding carboxylic acids is 1. The molecular weight excluding hydrogens is 214 g/mol. The third-order valence-electron chi connectivity index (χ3n) is 2.04. The van der Waals surface area contributed by atoms with Crippen LogP contribution in [0.1, 0.15) is 11.1 Å². The van der Waals surface area contributed by atoms with E-state index in [-0.39, 0.29) is 10.8 Å². The Labute approximate surface area is 93.4 Å². The first-order valence-corrected chi connectivity index (χ1v) is 4.75. The van der Waals surface area contributed by atoms with E-state index in [0.29, 0.717) is 11.3 Å². The quantitative estimate of drug-likeness (QED) is 0.601. The van der Waals surface area contributed by atoms with Crippen LogP contribution >= 0.6 is 11.6 Å². The zero-order chi connectivity index (χ0) is 11.6. The summed E-state index contributed by atoms with van der Waals surface area (Å²) in [4.78, 5) is 11.3. The number of carbonyl (C=O) groups is 1. The maximum absolute atomic E-state index is 11.3. The van der Waals surface area contributed by atoms with Crippen LogP contribution in [0.15, 0.2) is 23.7 Å². The average Bonchev–Trinajstić information content (AvgIpc) is 2.13. The van der Waals surface area contributed by atoms with Crippen molar-refractivity contribution in [3.05, 3.63) is 34.9 Å². The number of hydrogen-bond donors (Lipinski definition) is 2. The molecule has 0 aliphatic carbocycles. The molecule has 0 heterocycles. The van der Waals surface area contributed by atoms with Gasteiger partial charge in [0.05, 0.1) is 5.03 Å². The molecule has 0 aromatic heterocycles. The fourth-order valence-electron chi connectivity index (χ4n) is 1.13. The molecule has 1 aromatic rings. The van der Waals surface area contributed by atoms with Crippen LogP contribution < -0.4 is 5.32 Å². The molecule has 0 saturated heterocycles. The molecule has 0 aliphatic rings. The highest BCUT2D eigenvalue weighted by Gasteiger charge is 2.08. The minimum atomic E-state index is -0.440. The van der Waals surface area contributed by atoms with Gasteiger partial charge in [-0.15, -0.1) is 0 Å². The second-order valence-electron chi connectivity index (χ2n) is 3.31. The molecule has 1 aromatic carbocycles. The van der Waals surface area contributed by atoms with Crippen molar-refractivity contribution in [3.63, 3.8) is 0 Å². The van der Waals surface area contributed by atoms with Crippen LogP contribution in [0.4, 0.5) is 5.69 Å². The summed E-state index contributed by atoms with van der Waals surface area (Å²) in [6.07, 6.45) is 0. The van der Waals surface area contributed by atoms with Crippen LogP contribution in [0.5, 0.6) is 5.75 Å². The lowest BCUT2D eigenvalue weighted by molar-refractivity contribution is -0.112. The summed E-state index contributed by atoms with van der Waals surface area (Å²) in [5, 5.41) is 11.9. The van der Waals surface area contributed by atoms with E-state index in [4.69, 9.17) is 11.6 Å². The maximum atomic E-state index is 11.3. The SMILES string of the molecule is C=C(Cl)C(=O)Nc1cc(C)c(O)cc1C. The van der Waals surface area contributed by atoms with E-state index in [1.807, 2.05) is 0 Å². The van der Waals surface area contributed by atoms with E-state index in [1.54, 1.807) is 26.0 Å². The first kappa shape index (κ1) is 11.6. The Hall–Kier alpha value is -1.48. The second-order valence-corrected chi connectivity index (χ2v) is 3.77. The molecule has 0 aliphatic heterocycles. The monoisotopic (exact) mass is 225 g/mol. The Balaban J connectivity index is 3.01. The van der Waals surface area contributed by atoms with Gasteiger partial charge in [-0.05, 0) is 37.1 Å². The van der Waals surface area contributed by atoms with Gasteiger partial charge < -0.3 is 10.4 Å². The van der Waals surface area contributed by atoms with Crippen LogP contribution in [0.25, 0.3) is 0 Å². The molecular formula is C11H12ClNO2. The number of aryl methyl sites for hydroxylation is 2. The third kappa shape index (κ3) is 2.73.